The fourth-order valence-electron chi connectivity index (χ4n) is 2.69. The molecule has 2 aromatic rings. The van der Waals surface area contributed by atoms with E-state index in [1.807, 2.05) is 30.3 Å². The van der Waals surface area contributed by atoms with Crippen LogP contribution < -0.4 is 0 Å². The third kappa shape index (κ3) is 4.77. The van der Waals surface area contributed by atoms with E-state index < -0.39 is 0 Å². The summed E-state index contributed by atoms with van der Waals surface area (Å²) in [5, 5.41) is 3.91. The van der Waals surface area contributed by atoms with Crippen LogP contribution >= 0.6 is 0 Å². The molecule has 1 fully saturated rings. The summed E-state index contributed by atoms with van der Waals surface area (Å²) in [6.45, 7) is 0.0183. The number of nitrogens with zero attached hydrogens (tertiary/aromatic N) is 2. The molecule has 3 rings (SSSR count). The molecule has 0 unspecified atom stereocenters. The van der Waals surface area contributed by atoms with E-state index in [9.17, 15) is 4.79 Å². The summed E-state index contributed by atoms with van der Waals surface area (Å²) in [5.41, 5.74) is 2.29. The molecule has 1 saturated carbocycles. The third-order valence-electron chi connectivity index (χ3n) is 3.87. The van der Waals surface area contributed by atoms with Gasteiger partial charge in [-0.1, -0.05) is 47.5 Å². The molecule has 23 heavy (non-hydrogen) atoms. The first-order chi connectivity index (χ1) is 11.3. The van der Waals surface area contributed by atoms with Crippen LogP contribution in [0.2, 0.25) is 0 Å². The van der Waals surface area contributed by atoms with Crippen molar-refractivity contribution in [1.29, 1.82) is 0 Å². The predicted octanol–water partition coefficient (Wildman–Crippen LogP) is 3.59. The van der Waals surface area contributed by atoms with Gasteiger partial charge in [-0.25, -0.2) is 4.79 Å². The van der Waals surface area contributed by atoms with Crippen molar-refractivity contribution >= 4 is 5.97 Å². The Morgan fingerprint density at radius 2 is 1.96 bits per heavy atom. The van der Waals surface area contributed by atoms with Gasteiger partial charge in [-0.2, -0.15) is 4.98 Å². The van der Waals surface area contributed by atoms with Gasteiger partial charge < -0.3 is 9.26 Å². The van der Waals surface area contributed by atoms with E-state index in [4.69, 9.17) is 9.26 Å². The number of allylic oxidation sites excluding steroid dienone is 1. The SMILES string of the molecule is O=C(C=C1CCCCC1)OCc1nc(Cc2ccccc2)no1. The van der Waals surface area contributed by atoms with E-state index in [1.165, 1.54) is 12.0 Å². The molecule has 0 aliphatic heterocycles. The summed E-state index contributed by atoms with van der Waals surface area (Å²) >= 11 is 0. The minimum absolute atomic E-state index is 0.0183. The largest absolute Gasteiger partial charge is 0.452 e. The highest BCUT2D eigenvalue weighted by Gasteiger charge is 2.11. The van der Waals surface area contributed by atoms with E-state index >= 15 is 0 Å². The smallest absolute Gasteiger partial charge is 0.331 e. The highest BCUT2D eigenvalue weighted by atomic mass is 16.6. The van der Waals surface area contributed by atoms with E-state index in [-0.39, 0.29) is 12.6 Å². The molecule has 120 valence electrons. The number of aromatic nitrogens is 2. The maximum absolute atomic E-state index is 11.8. The Morgan fingerprint density at radius 3 is 2.74 bits per heavy atom. The van der Waals surface area contributed by atoms with Crippen molar-refractivity contribution in [2.75, 3.05) is 0 Å². The van der Waals surface area contributed by atoms with Gasteiger partial charge in [0.2, 0.25) is 0 Å². The summed E-state index contributed by atoms with van der Waals surface area (Å²) in [6.07, 6.45) is 7.77. The number of carbonyl (C=O) groups is 1. The Labute approximate surface area is 135 Å². The van der Waals surface area contributed by atoms with Crippen molar-refractivity contribution in [2.45, 2.75) is 45.1 Å². The van der Waals surface area contributed by atoms with Crippen LogP contribution in [-0.4, -0.2) is 16.1 Å². The van der Waals surface area contributed by atoms with Crippen LogP contribution in [0.3, 0.4) is 0 Å². The van der Waals surface area contributed by atoms with E-state index in [0.29, 0.717) is 18.1 Å². The molecule has 5 heteroatoms. The van der Waals surface area contributed by atoms with E-state index in [1.54, 1.807) is 6.08 Å². The maximum Gasteiger partial charge on any atom is 0.331 e. The van der Waals surface area contributed by atoms with Crippen molar-refractivity contribution in [3.05, 3.63) is 59.3 Å². The second-order valence-electron chi connectivity index (χ2n) is 5.74. The number of carbonyl (C=O) groups excluding carboxylic acids is 1. The second-order valence-corrected chi connectivity index (χ2v) is 5.74. The fourth-order valence-corrected chi connectivity index (χ4v) is 2.69. The molecule has 0 bridgehead atoms. The minimum atomic E-state index is -0.329. The molecule has 5 nitrogen and oxygen atoms in total. The molecule has 1 aliphatic carbocycles. The van der Waals surface area contributed by atoms with Gasteiger partial charge in [0, 0.05) is 12.5 Å². The minimum Gasteiger partial charge on any atom is -0.452 e. The summed E-state index contributed by atoms with van der Waals surface area (Å²) < 4.78 is 10.3. The van der Waals surface area contributed by atoms with Crippen molar-refractivity contribution in [2.24, 2.45) is 0 Å². The molecule has 0 atom stereocenters. The average molecular weight is 312 g/mol. The van der Waals surface area contributed by atoms with Gasteiger partial charge in [0.15, 0.2) is 12.4 Å². The van der Waals surface area contributed by atoms with Crippen LogP contribution in [-0.2, 0) is 22.6 Å². The van der Waals surface area contributed by atoms with Gasteiger partial charge in [-0.3, -0.25) is 0 Å². The van der Waals surface area contributed by atoms with Gasteiger partial charge in [0.25, 0.3) is 5.89 Å². The summed E-state index contributed by atoms with van der Waals surface area (Å²) in [5.74, 6) is 0.587. The highest BCUT2D eigenvalue weighted by Crippen LogP contribution is 2.22. The first-order valence-corrected chi connectivity index (χ1v) is 8.01. The zero-order chi connectivity index (χ0) is 15.9. The van der Waals surface area contributed by atoms with Gasteiger partial charge in [-0.15, -0.1) is 0 Å². The Kier molecular flexibility index (Phi) is 5.19. The third-order valence-corrected chi connectivity index (χ3v) is 3.87. The van der Waals surface area contributed by atoms with Crippen LogP contribution in [0.1, 0.15) is 49.4 Å². The number of esters is 1. The predicted molar refractivity (Wildman–Crippen MR) is 84.5 cm³/mol. The van der Waals surface area contributed by atoms with E-state index in [2.05, 4.69) is 10.1 Å². The topological polar surface area (TPSA) is 65.2 Å². The monoisotopic (exact) mass is 312 g/mol. The van der Waals surface area contributed by atoms with Gasteiger partial charge in [0.1, 0.15) is 0 Å². The molecule has 0 N–H and O–H groups in total. The Morgan fingerprint density at radius 1 is 1.17 bits per heavy atom. The van der Waals surface area contributed by atoms with Crippen LogP contribution in [0, 0.1) is 0 Å². The molecule has 1 aliphatic rings. The zero-order valence-electron chi connectivity index (χ0n) is 13.0. The molecule has 0 saturated heterocycles. The lowest BCUT2D eigenvalue weighted by Gasteiger charge is -2.12. The van der Waals surface area contributed by atoms with Crippen LogP contribution in [0.5, 0.6) is 0 Å². The van der Waals surface area contributed by atoms with Gasteiger partial charge >= 0.3 is 5.97 Å². The van der Waals surface area contributed by atoms with Crippen molar-refractivity contribution in [3.8, 4) is 0 Å². The fraction of sp³-hybridized carbons (Fsp3) is 0.389. The number of rotatable bonds is 5. The quantitative estimate of drug-likeness (QED) is 0.623. The van der Waals surface area contributed by atoms with Crippen LogP contribution in [0.4, 0.5) is 0 Å². The average Bonchev–Trinajstić information content (AvgIpc) is 3.02. The number of ether oxygens (including phenoxy) is 1. The number of hydrogen-bond acceptors (Lipinski definition) is 5. The molecule has 0 amide bonds. The molecule has 0 spiro atoms. The molecular formula is C18H20N2O3. The summed E-state index contributed by atoms with van der Waals surface area (Å²) in [6, 6.07) is 9.91. The zero-order valence-corrected chi connectivity index (χ0v) is 13.0. The number of hydrogen-bond donors (Lipinski definition) is 0. The van der Waals surface area contributed by atoms with Gasteiger partial charge in [0.05, 0.1) is 0 Å². The molecule has 1 aromatic carbocycles. The lowest BCUT2D eigenvalue weighted by Crippen LogP contribution is -2.04. The molecule has 1 heterocycles. The van der Waals surface area contributed by atoms with Gasteiger partial charge in [-0.05, 0) is 31.2 Å². The second kappa shape index (κ2) is 7.72. The summed E-state index contributed by atoms with van der Waals surface area (Å²) in [7, 11) is 0. The molecular weight excluding hydrogens is 292 g/mol. The summed E-state index contributed by atoms with van der Waals surface area (Å²) in [4.78, 5) is 16.0. The standard InChI is InChI=1S/C18H20N2O3/c21-18(12-15-9-5-2-6-10-15)22-13-17-19-16(20-23-17)11-14-7-3-1-4-8-14/h1,3-4,7-8,12H,2,5-6,9-11,13H2. The normalized spacial score (nSPS) is 14.5. The highest BCUT2D eigenvalue weighted by molar-refractivity contribution is 5.82. The van der Waals surface area contributed by atoms with Crippen molar-refractivity contribution in [1.82, 2.24) is 10.1 Å². The molecule has 0 radical (unpaired) electrons. The maximum atomic E-state index is 11.8. The van der Waals surface area contributed by atoms with E-state index in [0.717, 1.165) is 31.2 Å². The van der Waals surface area contributed by atoms with Crippen LogP contribution in [0.15, 0.2) is 46.5 Å². The first-order valence-electron chi connectivity index (χ1n) is 8.01. The Balaban J connectivity index is 1.50. The van der Waals surface area contributed by atoms with Crippen molar-refractivity contribution in [3.63, 3.8) is 0 Å². The number of benzene rings is 1. The molecule has 1 aromatic heterocycles. The van der Waals surface area contributed by atoms with Crippen LogP contribution in [0.25, 0.3) is 0 Å². The lowest BCUT2D eigenvalue weighted by atomic mass is 9.95. The first kappa shape index (κ1) is 15.5. The Bertz CT molecular complexity index is 669. The lowest BCUT2D eigenvalue weighted by molar-refractivity contribution is -0.139. The Hall–Kier alpha value is -2.43. The van der Waals surface area contributed by atoms with Crippen molar-refractivity contribution < 1.29 is 14.1 Å².